The van der Waals surface area contributed by atoms with Gasteiger partial charge in [-0.15, -0.1) is 0 Å². The Labute approximate surface area is 150 Å². The second-order valence-electron chi connectivity index (χ2n) is 6.86. The van der Waals surface area contributed by atoms with E-state index in [0.29, 0.717) is 0 Å². The number of rotatable bonds is 5. The van der Waals surface area contributed by atoms with E-state index in [1.807, 2.05) is 19.1 Å². The highest BCUT2D eigenvalue weighted by molar-refractivity contribution is 5.94. The minimum Gasteiger partial charge on any atom is -0.376 e. The summed E-state index contributed by atoms with van der Waals surface area (Å²) in [6, 6.07) is 12.4. The summed E-state index contributed by atoms with van der Waals surface area (Å²) in [4.78, 5) is 14.7. The molecule has 0 aromatic heterocycles. The zero-order chi connectivity index (χ0) is 17.8. The number of anilines is 3. The molecular weight excluding hydrogens is 310 g/mol. The van der Waals surface area contributed by atoms with Gasteiger partial charge in [0, 0.05) is 30.2 Å². The summed E-state index contributed by atoms with van der Waals surface area (Å²) in [5.74, 6) is -0.0281. The monoisotopic (exact) mass is 337 g/mol. The lowest BCUT2D eigenvalue weighted by Gasteiger charge is -2.19. The van der Waals surface area contributed by atoms with E-state index in [0.717, 1.165) is 41.2 Å². The fraction of sp³-hybridized carbons (Fsp3) is 0.381. The normalized spacial score (nSPS) is 13.8. The van der Waals surface area contributed by atoms with E-state index in [9.17, 15) is 4.79 Å². The van der Waals surface area contributed by atoms with Gasteiger partial charge in [-0.2, -0.15) is 0 Å². The zero-order valence-corrected chi connectivity index (χ0v) is 15.4. The molecule has 1 heterocycles. The number of amides is 1. The van der Waals surface area contributed by atoms with Crippen LogP contribution in [0, 0.1) is 20.8 Å². The van der Waals surface area contributed by atoms with Crippen molar-refractivity contribution >= 4 is 23.0 Å². The molecule has 0 bridgehead atoms. The quantitative estimate of drug-likeness (QED) is 0.857. The van der Waals surface area contributed by atoms with Crippen LogP contribution in [0.2, 0.25) is 0 Å². The van der Waals surface area contributed by atoms with Crippen molar-refractivity contribution < 1.29 is 4.79 Å². The van der Waals surface area contributed by atoms with Crippen molar-refractivity contribution in [3.05, 3.63) is 53.1 Å². The molecule has 0 radical (unpaired) electrons. The predicted molar refractivity (Wildman–Crippen MR) is 106 cm³/mol. The van der Waals surface area contributed by atoms with E-state index in [1.165, 1.54) is 18.5 Å². The molecule has 0 spiro atoms. The Hall–Kier alpha value is -2.49. The third-order valence-corrected chi connectivity index (χ3v) is 4.86. The van der Waals surface area contributed by atoms with E-state index in [1.54, 1.807) is 0 Å². The molecule has 0 saturated carbocycles. The van der Waals surface area contributed by atoms with Gasteiger partial charge in [-0.25, -0.2) is 0 Å². The Morgan fingerprint density at radius 2 is 1.68 bits per heavy atom. The molecule has 2 aromatic rings. The molecule has 0 atom stereocenters. The molecule has 1 aliphatic heterocycles. The standard InChI is InChI=1S/C21H27N3O/c1-15-7-6-8-16(2)21(15)22-14-20(25)23-19-10-9-18(13-17(19)3)24-11-4-5-12-24/h6-10,13,22H,4-5,11-12,14H2,1-3H3,(H,23,25). The highest BCUT2D eigenvalue weighted by Gasteiger charge is 2.13. The van der Waals surface area contributed by atoms with Crippen molar-refractivity contribution in [1.29, 1.82) is 0 Å². The van der Waals surface area contributed by atoms with E-state index in [2.05, 4.69) is 53.6 Å². The van der Waals surface area contributed by atoms with Crippen LogP contribution in [0.25, 0.3) is 0 Å². The smallest absolute Gasteiger partial charge is 0.243 e. The van der Waals surface area contributed by atoms with Crippen molar-refractivity contribution in [2.45, 2.75) is 33.6 Å². The van der Waals surface area contributed by atoms with Crippen LogP contribution in [0.1, 0.15) is 29.5 Å². The Bertz CT molecular complexity index is 743. The first-order valence-corrected chi connectivity index (χ1v) is 9.00. The van der Waals surface area contributed by atoms with Gasteiger partial charge in [0.2, 0.25) is 5.91 Å². The van der Waals surface area contributed by atoms with Crippen molar-refractivity contribution in [1.82, 2.24) is 0 Å². The first-order valence-electron chi connectivity index (χ1n) is 9.00. The SMILES string of the molecule is Cc1cc(N2CCCC2)ccc1NC(=O)CNc1c(C)cccc1C. The minimum absolute atomic E-state index is 0.0281. The van der Waals surface area contributed by atoms with Crippen LogP contribution in [0.4, 0.5) is 17.1 Å². The second kappa shape index (κ2) is 7.60. The Kier molecular flexibility index (Phi) is 5.27. The number of nitrogens with zero attached hydrogens (tertiary/aromatic N) is 1. The van der Waals surface area contributed by atoms with Crippen LogP contribution in [-0.4, -0.2) is 25.5 Å². The lowest BCUT2D eigenvalue weighted by Crippen LogP contribution is -2.23. The summed E-state index contributed by atoms with van der Waals surface area (Å²) in [6.45, 7) is 8.67. The van der Waals surface area contributed by atoms with E-state index >= 15 is 0 Å². The number of hydrogen-bond donors (Lipinski definition) is 2. The maximum absolute atomic E-state index is 12.3. The van der Waals surface area contributed by atoms with Crippen LogP contribution in [-0.2, 0) is 4.79 Å². The molecule has 2 N–H and O–H groups in total. The van der Waals surface area contributed by atoms with Crippen molar-refractivity contribution in [2.24, 2.45) is 0 Å². The molecule has 4 heteroatoms. The van der Waals surface area contributed by atoms with Crippen LogP contribution in [0.15, 0.2) is 36.4 Å². The van der Waals surface area contributed by atoms with Gasteiger partial charge in [0.05, 0.1) is 6.54 Å². The van der Waals surface area contributed by atoms with Crippen LogP contribution in [0.3, 0.4) is 0 Å². The van der Waals surface area contributed by atoms with Crippen molar-refractivity contribution in [3.8, 4) is 0 Å². The molecule has 1 amide bonds. The van der Waals surface area contributed by atoms with E-state index < -0.39 is 0 Å². The maximum atomic E-state index is 12.3. The van der Waals surface area contributed by atoms with Crippen molar-refractivity contribution in [3.63, 3.8) is 0 Å². The molecule has 132 valence electrons. The number of hydrogen-bond acceptors (Lipinski definition) is 3. The fourth-order valence-electron chi connectivity index (χ4n) is 3.42. The Morgan fingerprint density at radius 1 is 1.00 bits per heavy atom. The minimum atomic E-state index is -0.0281. The second-order valence-corrected chi connectivity index (χ2v) is 6.86. The molecule has 4 nitrogen and oxygen atoms in total. The van der Waals surface area contributed by atoms with Gasteiger partial charge in [-0.05, 0) is 68.5 Å². The van der Waals surface area contributed by atoms with Crippen LogP contribution in [0.5, 0.6) is 0 Å². The summed E-state index contributed by atoms with van der Waals surface area (Å²) in [6.07, 6.45) is 2.53. The zero-order valence-electron chi connectivity index (χ0n) is 15.4. The summed E-state index contributed by atoms with van der Waals surface area (Å²) in [5.41, 5.74) is 6.58. The summed E-state index contributed by atoms with van der Waals surface area (Å²) >= 11 is 0. The molecule has 0 aliphatic carbocycles. The van der Waals surface area contributed by atoms with E-state index in [4.69, 9.17) is 0 Å². The molecule has 25 heavy (non-hydrogen) atoms. The number of aryl methyl sites for hydroxylation is 3. The Morgan fingerprint density at radius 3 is 2.32 bits per heavy atom. The van der Waals surface area contributed by atoms with Gasteiger partial charge in [0.1, 0.15) is 0 Å². The molecule has 1 saturated heterocycles. The third kappa shape index (κ3) is 4.13. The van der Waals surface area contributed by atoms with Gasteiger partial charge in [-0.1, -0.05) is 18.2 Å². The predicted octanol–water partition coefficient (Wildman–Crippen LogP) is 4.26. The lowest BCUT2D eigenvalue weighted by atomic mass is 10.1. The average molecular weight is 337 g/mol. The van der Waals surface area contributed by atoms with Gasteiger partial charge in [-0.3, -0.25) is 4.79 Å². The summed E-state index contributed by atoms with van der Waals surface area (Å²) < 4.78 is 0. The molecule has 2 aromatic carbocycles. The van der Waals surface area contributed by atoms with E-state index in [-0.39, 0.29) is 12.5 Å². The molecule has 0 unspecified atom stereocenters. The number of carbonyl (C=O) groups excluding carboxylic acids is 1. The topological polar surface area (TPSA) is 44.4 Å². The van der Waals surface area contributed by atoms with Crippen LogP contribution < -0.4 is 15.5 Å². The van der Waals surface area contributed by atoms with Crippen LogP contribution >= 0.6 is 0 Å². The maximum Gasteiger partial charge on any atom is 0.243 e. The van der Waals surface area contributed by atoms with Gasteiger partial charge < -0.3 is 15.5 Å². The fourth-order valence-corrected chi connectivity index (χ4v) is 3.42. The number of benzene rings is 2. The third-order valence-electron chi connectivity index (χ3n) is 4.86. The number of nitrogens with one attached hydrogen (secondary N) is 2. The average Bonchev–Trinajstić information content (AvgIpc) is 3.11. The molecule has 1 aliphatic rings. The molecule has 1 fully saturated rings. The first kappa shape index (κ1) is 17.3. The summed E-state index contributed by atoms with van der Waals surface area (Å²) in [7, 11) is 0. The molecular formula is C21H27N3O. The summed E-state index contributed by atoms with van der Waals surface area (Å²) in [5, 5.41) is 6.27. The van der Waals surface area contributed by atoms with Gasteiger partial charge in [0.25, 0.3) is 0 Å². The van der Waals surface area contributed by atoms with Gasteiger partial charge in [0.15, 0.2) is 0 Å². The van der Waals surface area contributed by atoms with Gasteiger partial charge >= 0.3 is 0 Å². The first-order chi connectivity index (χ1) is 12.0. The highest BCUT2D eigenvalue weighted by Crippen LogP contribution is 2.25. The number of para-hydroxylation sites is 1. The largest absolute Gasteiger partial charge is 0.376 e. The Balaban J connectivity index is 1.61. The van der Waals surface area contributed by atoms with Crippen molar-refractivity contribution in [2.75, 3.05) is 35.2 Å². The number of carbonyl (C=O) groups is 1. The molecule has 3 rings (SSSR count). The lowest BCUT2D eigenvalue weighted by molar-refractivity contribution is -0.114. The highest BCUT2D eigenvalue weighted by atomic mass is 16.1.